The zero-order chi connectivity index (χ0) is 15.6. The molecule has 21 heavy (non-hydrogen) atoms. The molecule has 2 N–H and O–H groups in total. The molecule has 0 radical (unpaired) electrons. The van der Waals surface area contributed by atoms with Gasteiger partial charge in [0.15, 0.2) is 0 Å². The van der Waals surface area contributed by atoms with Crippen LogP contribution in [0.1, 0.15) is 39.7 Å². The van der Waals surface area contributed by atoms with Gasteiger partial charge < -0.3 is 15.3 Å². The molecule has 1 heterocycles. The van der Waals surface area contributed by atoms with E-state index in [0.29, 0.717) is 5.92 Å². The molecule has 2 unspecified atom stereocenters. The molecular formula is C17H27ClN2O. The Labute approximate surface area is 133 Å². The van der Waals surface area contributed by atoms with Gasteiger partial charge in [-0.1, -0.05) is 24.6 Å². The van der Waals surface area contributed by atoms with Crippen LogP contribution in [0.25, 0.3) is 0 Å². The van der Waals surface area contributed by atoms with E-state index in [1.165, 1.54) is 0 Å². The Morgan fingerprint density at radius 1 is 1.38 bits per heavy atom. The van der Waals surface area contributed by atoms with Crippen LogP contribution in [-0.4, -0.2) is 29.8 Å². The van der Waals surface area contributed by atoms with E-state index in [-0.39, 0.29) is 11.6 Å². The highest BCUT2D eigenvalue weighted by molar-refractivity contribution is 6.31. The lowest BCUT2D eigenvalue weighted by atomic mass is 9.96. The molecule has 2 rings (SSSR count). The van der Waals surface area contributed by atoms with Crippen molar-refractivity contribution in [2.75, 3.05) is 18.0 Å². The van der Waals surface area contributed by atoms with Gasteiger partial charge in [-0.2, -0.15) is 0 Å². The molecular weight excluding hydrogens is 284 g/mol. The van der Waals surface area contributed by atoms with Crippen molar-refractivity contribution in [3.8, 4) is 0 Å². The predicted molar refractivity (Wildman–Crippen MR) is 90.0 cm³/mol. The third-order valence-corrected chi connectivity index (χ3v) is 4.42. The van der Waals surface area contributed by atoms with Gasteiger partial charge in [0.2, 0.25) is 0 Å². The summed E-state index contributed by atoms with van der Waals surface area (Å²) in [4.78, 5) is 2.31. The maximum absolute atomic E-state index is 9.83. The van der Waals surface area contributed by atoms with Crippen LogP contribution >= 0.6 is 11.6 Å². The quantitative estimate of drug-likeness (QED) is 0.898. The Kier molecular flexibility index (Phi) is 5.18. The molecule has 1 saturated heterocycles. The number of anilines is 1. The monoisotopic (exact) mass is 310 g/mol. The van der Waals surface area contributed by atoms with Gasteiger partial charge in [0.25, 0.3) is 0 Å². The van der Waals surface area contributed by atoms with Crippen molar-refractivity contribution in [2.45, 2.75) is 52.3 Å². The Morgan fingerprint density at radius 3 is 2.67 bits per heavy atom. The maximum Gasteiger partial charge on any atom is 0.0599 e. The van der Waals surface area contributed by atoms with E-state index in [4.69, 9.17) is 11.6 Å². The normalized spacial score (nSPS) is 23.4. The molecule has 0 spiro atoms. The van der Waals surface area contributed by atoms with Crippen LogP contribution in [0.2, 0.25) is 5.02 Å². The van der Waals surface area contributed by atoms with Crippen LogP contribution in [0.5, 0.6) is 0 Å². The minimum atomic E-state index is -0.174. The van der Waals surface area contributed by atoms with E-state index >= 15 is 0 Å². The molecule has 0 amide bonds. The standard InChI is InChI=1S/C17H27ClN2O/c1-12-11-20(8-7-16(12)21)14-6-5-13(15(18)9-14)10-19-17(2,3)4/h5-6,9,12,16,19,21H,7-8,10-11H2,1-4H3. The van der Waals surface area contributed by atoms with Crippen LogP contribution in [0, 0.1) is 5.92 Å². The molecule has 1 aliphatic rings. The van der Waals surface area contributed by atoms with Crippen LogP contribution in [-0.2, 0) is 6.54 Å². The molecule has 1 fully saturated rings. The molecule has 118 valence electrons. The van der Waals surface area contributed by atoms with Gasteiger partial charge in [-0.25, -0.2) is 0 Å². The van der Waals surface area contributed by atoms with E-state index < -0.39 is 0 Å². The molecule has 3 nitrogen and oxygen atoms in total. The molecule has 1 aromatic carbocycles. The fourth-order valence-electron chi connectivity index (χ4n) is 2.60. The Morgan fingerprint density at radius 2 is 2.10 bits per heavy atom. The van der Waals surface area contributed by atoms with Gasteiger partial charge in [0.1, 0.15) is 0 Å². The third-order valence-electron chi connectivity index (χ3n) is 4.07. The minimum Gasteiger partial charge on any atom is -0.393 e. The second kappa shape index (κ2) is 6.55. The fourth-order valence-corrected chi connectivity index (χ4v) is 2.85. The lowest BCUT2D eigenvalue weighted by Gasteiger charge is -2.36. The van der Waals surface area contributed by atoms with E-state index in [9.17, 15) is 5.11 Å². The number of nitrogens with one attached hydrogen (secondary N) is 1. The number of rotatable bonds is 3. The van der Waals surface area contributed by atoms with Gasteiger partial charge >= 0.3 is 0 Å². The van der Waals surface area contributed by atoms with Crippen molar-refractivity contribution < 1.29 is 5.11 Å². The number of aliphatic hydroxyl groups is 1. The van der Waals surface area contributed by atoms with Crippen LogP contribution in [0.4, 0.5) is 5.69 Å². The molecule has 2 atom stereocenters. The number of halogens is 1. The third kappa shape index (κ3) is 4.60. The highest BCUT2D eigenvalue weighted by atomic mass is 35.5. The first-order valence-electron chi connectivity index (χ1n) is 7.73. The Bertz CT molecular complexity index is 484. The number of hydrogen-bond acceptors (Lipinski definition) is 3. The second-order valence-electron chi connectivity index (χ2n) is 7.16. The van der Waals surface area contributed by atoms with E-state index in [2.05, 4.69) is 50.0 Å². The Hall–Kier alpha value is -0.770. The average Bonchev–Trinajstić information content (AvgIpc) is 2.39. The zero-order valence-electron chi connectivity index (χ0n) is 13.5. The predicted octanol–water partition coefficient (Wildman–Crippen LogP) is 3.44. The molecule has 0 aliphatic carbocycles. The summed E-state index contributed by atoms with van der Waals surface area (Å²) in [5.74, 6) is 0.305. The van der Waals surface area contributed by atoms with E-state index in [1.54, 1.807) is 0 Å². The van der Waals surface area contributed by atoms with Gasteiger partial charge in [0.05, 0.1) is 6.10 Å². The van der Waals surface area contributed by atoms with Crippen molar-refractivity contribution in [1.29, 1.82) is 0 Å². The molecule has 4 heteroatoms. The van der Waals surface area contributed by atoms with Crippen molar-refractivity contribution in [1.82, 2.24) is 5.32 Å². The van der Waals surface area contributed by atoms with E-state index in [0.717, 1.165) is 42.3 Å². The SMILES string of the molecule is CC1CN(c2ccc(CNC(C)(C)C)c(Cl)c2)CCC1O. The van der Waals surface area contributed by atoms with Gasteiger partial charge in [-0.15, -0.1) is 0 Å². The largest absolute Gasteiger partial charge is 0.393 e. The van der Waals surface area contributed by atoms with Gasteiger partial charge in [0, 0.05) is 35.9 Å². The zero-order valence-corrected chi connectivity index (χ0v) is 14.2. The van der Waals surface area contributed by atoms with Crippen molar-refractivity contribution >= 4 is 17.3 Å². The number of hydrogen-bond donors (Lipinski definition) is 2. The van der Waals surface area contributed by atoms with Gasteiger partial charge in [-0.3, -0.25) is 0 Å². The lowest BCUT2D eigenvalue weighted by molar-refractivity contribution is 0.0971. The summed E-state index contributed by atoms with van der Waals surface area (Å²) in [7, 11) is 0. The summed E-state index contributed by atoms with van der Waals surface area (Å²) in [5.41, 5.74) is 2.36. The fraction of sp³-hybridized carbons (Fsp3) is 0.647. The highest BCUT2D eigenvalue weighted by Crippen LogP contribution is 2.28. The van der Waals surface area contributed by atoms with Crippen LogP contribution in [0.3, 0.4) is 0 Å². The van der Waals surface area contributed by atoms with E-state index in [1.807, 2.05) is 6.07 Å². The molecule has 1 aliphatic heterocycles. The lowest BCUT2D eigenvalue weighted by Crippen LogP contribution is -2.42. The van der Waals surface area contributed by atoms with Gasteiger partial charge in [-0.05, 0) is 50.8 Å². The molecule has 1 aromatic rings. The maximum atomic E-state index is 9.83. The second-order valence-corrected chi connectivity index (χ2v) is 7.57. The summed E-state index contributed by atoms with van der Waals surface area (Å²) >= 11 is 6.43. The molecule has 0 saturated carbocycles. The van der Waals surface area contributed by atoms with Crippen molar-refractivity contribution in [2.24, 2.45) is 5.92 Å². The number of aliphatic hydroxyl groups excluding tert-OH is 1. The number of nitrogens with zero attached hydrogens (tertiary/aromatic N) is 1. The highest BCUT2D eigenvalue weighted by Gasteiger charge is 2.24. The molecule has 0 bridgehead atoms. The Balaban J connectivity index is 2.05. The summed E-state index contributed by atoms with van der Waals surface area (Å²) < 4.78 is 0. The first-order chi connectivity index (χ1) is 9.76. The number of piperidine rings is 1. The summed E-state index contributed by atoms with van der Waals surface area (Å²) in [5, 5.41) is 14.1. The summed E-state index contributed by atoms with van der Waals surface area (Å²) in [6.45, 7) is 11.1. The first-order valence-corrected chi connectivity index (χ1v) is 8.10. The number of benzene rings is 1. The van der Waals surface area contributed by atoms with Crippen LogP contribution in [0.15, 0.2) is 18.2 Å². The topological polar surface area (TPSA) is 35.5 Å². The van der Waals surface area contributed by atoms with Crippen molar-refractivity contribution in [3.63, 3.8) is 0 Å². The van der Waals surface area contributed by atoms with Crippen molar-refractivity contribution in [3.05, 3.63) is 28.8 Å². The minimum absolute atomic E-state index is 0.0838. The smallest absolute Gasteiger partial charge is 0.0599 e. The first kappa shape index (κ1) is 16.6. The summed E-state index contributed by atoms with van der Waals surface area (Å²) in [6, 6.07) is 6.29. The van der Waals surface area contributed by atoms with Crippen LogP contribution < -0.4 is 10.2 Å². The molecule has 0 aromatic heterocycles. The summed E-state index contributed by atoms with van der Waals surface area (Å²) in [6.07, 6.45) is 0.651. The average molecular weight is 311 g/mol.